The number of phenolic OH excluding ortho intramolecular Hbond substituents is 1. The monoisotopic (exact) mass is 292 g/mol. The molecule has 0 spiro atoms. The van der Waals surface area contributed by atoms with Crippen LogP contribution in [0, 0.1) is 0 Å². The summed E-state index contributed by atoms with van der Waals surface area (Å²) in [5.41, 5.74) is 6.69. The molecule has 0 bridgehead atoms. The van der Waals surface area contributed by atoms with Crippen LogP contribution in [0.2, 0.25) is 0 Å². The Hall–Kier alpha value is -1.59. The number of nitrogens with two attached hydrogens (primary N) is 1. The first-order valence-corrected chi connectivity index (χ1v) is 7.52. The standard InChI is InChI=1S/C16H24N2O3/c1-11(2-3-12-4-6-13(19)7-5-12)18-16(20)15-9-8-14(10-17)21-15/h4-7,11,14-15,19H,2-3,8-10,17H2,1H3,(H,18,20). The van der Waals surface area contributed by atoms with E-state index >= 15 is 0 Å². The van der Waals surface area contributed by atoms with Crippen molar-refractivity contribution >= 4 is 5.91 Å². The van der Waals surface area contributed by atoms with E-state index in [-0.39, 0.29) is 29.9 Å². The van der Waals surface area contributed by atoms with E-state index < -0.39 is 0 Å². The van der Waals surface area contributed by atoms with Crippen molar-refractivity contribution in [2.45, 2.75) is 50.9 Å². The summed E-state index contributed by atoms with van der Waals surface area (Å²) < 4.78 is 5.58. The first-order valence-electron chi connectivity index (χ1n) is 7.52. The van der Waals surface area contributed by atoms with Crippen LogP contribution in [-0.2, 0) is 16.0 Å². The second-order valence-electron chi connectivity index (χ2n) is 5.67. The molecule has 0 aromatic heterocycles. The molecule has 21 heavy (non-hydrogen) atoms. The molecule has 1 aromatic rings. The van der Waals surface area contributed by atoms with Crippen molar-refractivity contribution in [3.8, 4) is 5.75 Å². The van der Waals surface area contributed by atoms with Crippen LogP contribution in [0.4, 0.5) is 0 Å². The Morgan fingerprint density at radius 2 is 2.14 bits per heavy atom. The van der Waals surface area contributed by atoms with Crippen molar-refractivity contribution in [2.75, 3.05) is 6.54 Å². The molecule has 1 fully saturated rings. The number of amides is 1. The smallest absolute Gasteiger partial charge is 0.249 e. The Kier molecular flexibility index (Phi) is 5.59. The van der Waals surface area contributed by atoms with Gasteiger partial charge in [-0.3, -0.25) is 4.79 Å². The van der Waals surface area contributed by atoms with Crippen LogP contribution < -0.4 is 11.1 Å². The fourth-order valence-electron chi connectivity index (χ4n) is 2.53. The molecule has 0 saturated carbocycles. The average molecular weight is 292 g/mol. The largest absolute Gasteiger partial charge is 0.508 e. The topological polar surface area (TPSA) is 84.6 Å². The highest BCUT2D eigenvalue weighted by atomic mass is 16.5. The molecule has 5 nitrogen and oxygen atoms in total. The molecule has 2 rings (SSSR count). The van der Waals surface area contributed by atoms with Gasteiger partial charge in [0.1, 0.15) is 11.9 Å². The minimum Gasteiger partial charge on any atom is -0.508 e. The number of hydrogen-bond acceptors (Lipinski definition) is 4. The Morgan fingerprint density at radius 1 is 1.43 bits per heavy atom. The Balaban J connectivity index is 1.72. The molecule has 0 radical (unpaired) electrons. The summed E-state index contributed by atoms with van der Waals surface area (Å²) >= 11 is 0. The molecule has 1 aliphatic rings. The third-order valence-electron chi connectivity index (χ3n) is 3.85. The van der Waals surface area contributed by atoms with Gasteiger partial charge in [0.2, 0.25) is 5.91 Å². The first kappa shape index (κ1) is 15.8. The minimum absolute atomic E-state index is 0.0213. The molecule has 1 aromatic carbocycles. The third kappa shape index (κ3) is 4.72. The summed E-state index contributed by atoms with van der Waals surface area (Å²) in [6, 6.07) is 7.24. The quantitative estimate of drug-likeness (QED) is 0.738. The zero-order chi connectivity index (χ0) is 15.2. The maximum atomic E-state index is 12.1. The number of aromatic hydroxyl groups is 1. The van der Waals surface area contributed by atoms with Gasteiger partial charge in [0, 0.05) is 12.6 Å². The summed E-state index contributed by atoms with van der Waals surface area (Å²) in [7, 11) is 0. The zero-order valence-electron chi connectivity index (χ0n) is 12.4. The van der Waals surface area contributed by atoms with Gasteiger partial charge in [-0.2, -0.15) is 0 Å². The van der Waals surface area contributed by atoms with Crippen LogP contribution in [0.5, 0.6) is 5.75 Å². The normalized spacial score (nSPS) is 23.0. The summed E-state index contributed by atoms with van der Waals surface area (Å²) in [6.45, 7) is 2.47. The number of benzene rings is 1. The number of carbonyl (C=O) groups excluding carboxylic acids is 1. The number of hydrogen-bond donors (Lipinski definition) is 3. The third-order valence-corrected chi connectivity index (χ3v) is 3.85. The number of phenols is 1. The Morgan fingerprint density at radius 3 is 2.76 bits per heavy atom. The van der Waals surface area contributed by atoms with Crippen molar-refractivity contribution in [1.82, 2.24) is 5.32 Å². The fraction of sp³-hybridized carbons (Fsp3) is 0.562. The molecule has 1 heterocycles. The van der Waals surface area contributed by atoms with Crippen molar-refractivity contribution in [3.63, 3.8) is 0 Å². The first-order chi connectivity index (χ1) is 10.1. The van der Waals surface area contributed by atoms with Crippen molar-refractivity contribution in [2.24, 2.45) is 5.73 Å². The predicted molar refractivity (Wildman–Crippen MR) is 81.0 cm³/mol. The Labute approximate surface area is 125 Å². The van der Waals surface area contributed by atoms with Gasteiger partial charge < -0.3 is 20.9 Å². The predicted octanol–water partition coefficient (Wildman–Crippen LogP) is 1.34. The number of rotatable bonds is 6. The lowest BCUT2D eigenvalue weighted by molar-refractivity contribution is -0.132. The average Bonchev–Trinajstić information content (AvgIpc) is 2.96. The lowest BCUT2D eigenvalue weighted by Gasteiger charge is -2.17. The van der Waals surface area contributed by atoms with E-state index in [0.717, 1.165) is 31.2 Å². The van der Waals surface area contributed by atoms with Gasteiger partial charge in [0.05, 0.1) is 6.10 Å². The van der Waals surface area contributed by atoms with E-state index in [9.17, 15) is 9.90 Å². The highest BCUT2D eigenvalue weighted by molar-refractivity contribution is 5.81. The van der Waals surface area contributed by atoms with Gasteiger partial charge in [0.25, 0.3) is 0 Å². The molecule has 3 unspecified atom stereocenters. The van der Waals surface area contributed by atoms with E-state index in [2.05, 4.69) is 5.32 Å². The highest BCUT2D eigenvalue weighted by Gasteiger charge is 2.30. The van der Waals surface area contributed by atoms with Gasteiger partial charge in [-0.1, -0.05) is 12.1 Å². The molecular weight excluding hydrogens is 268 g/mol. The molecule has 1 amide bonds. The summed E-state index contributed by atoms with van der Waals surface area (Å²) in [6.07, 6.45) is 2.99. The molecule has 116 valence electrons. The number of carbonyl (C=O) groups is 1. The van der Waals surface area contributed by atoms with Crippen molar-refractivity contribution in [1.29, 1.82) is 0 Å². The molecular formula is C16H24N2O3. The second-order valence-corrected chi connectivity index (χ2v) is 5.67. The van der Waals surface area contributed by atoms with Gasteiger partial charge >= 0.3 is 0 Å². The minimum atomic E-state index is -0.352. The van der Waals surface area contributed by atoms with Gasteiger partial charge in [0.15, 0.2) is 0 Å². The van der Waals surface area contributed by atoms with Crippen molar-refractivity contribution < 1.29 is 14.6 Å². The molecule has 0 aliphatic carbocycles. The Bertz CT molecular complexity index is 461. The zero-order valence-corrected chi connectivity index (χ0v) is 12.4. The van der Waals surface area contributed by atoms with Crippen LogP contribution in [-0.4, -0.2) is 35.8 Å². The molecule has 1 saturated heterocycles. The molecule has 4 N–H and O–H groups in total. The van der Waals surface area contributed by atoms with Crippen LogP contribution in [0.3, 0.4) is 0 Å². The van der Waals surface area contributed by atoms with Gasteiger partial charge in [-0.05, 0) is 50.3 Å². The molecule has 1 aliphatic heterocycles. The van der Waals surface area contributed by atoms with E-state index in [4.69, 9.17) is 10.5 Å². The SMILES string of the molecule is CC(CCc1ccc(O)cc1)NC(=O)C1CCC(CN)O1. The lowest BCUT2D eigenvalue weighted by atomic mass is 10.1. The van der Waals surface area contributed by atoms with Crippen LogP contribution in [0.15, 0.2) is 24.3 Å². The van der Waals surface area contributed by atoms with E-state index in [1.807, 2.05) is 19.1 Å². The van der Waals surface area contributed by atoms with Crippen LogP contribution >= 0.6 is 0 Å². The number of nitrogens with one attached hydrogen (secondary N) is 1. The molecule has 5 heteroatoms. The van der Waals surface area contributed by atoms with Crippen molar-refractivity contribution in [3.05, 3.63) is 29.8 Å². The number of ether oxygens (including phenoxy) is 1. The van der Waals surface area contributed by atoms with E-state index in [1.165, 1.54) is 0 Å². The maximum absolute atomic E-state index is 12.1. The van der Waals surface area contributed by atoms with Crippen LogP contribution in [0.1, 0.15) is 31.7 Å². The maximum Gasteiger partial charge on any atom is 0.249 e. The van der Waals surface area contributed by atoms with E-state index in [0.29, 0.717) is 6.54 Å². The highest BCUT2D eigenvalue weighted by Crippen LogP contribution is 2.19. The van der Waals surface area contributed by atoms with Crippen LogP contribution in [0.25, 0.3) is 0 Å². The second kappa shape index (κ2) is 7.43. The van der Waals surface area contributed by atoms with Gasteiger partial charge in [-0.25, -0.2) is 0 Å². The fourth-order valence-corrected chi connectivity index (χ4v) is 2.53. The summed E-state index contributed by atoms with van der Waals surface area (Å²) in [4.78, 5) is 12.1. The summed E-state index contributed by atoms with van der Waals surface area (Å²) in [5.74, 6) is 0.233. The van der Waals surface area contributed by atoms with Gasteiger partial charge in [-0.15, -0.1) is 0 Å². The van der Waals surface area contributed by atoms with E-state index in [1.54, 1.807) is 12.1 Å². The number of aryl methyl sites for hydroxylation is 1. The molecule has 3 atom stereocenters. The summed E-state index contributed by atoms with van der Waals surface area (Å²) in [5, 5.41) is 12.2. The lowest BCUT2D eigenvalue weighted by Crippen LogP contribution is -2.40.